The first-order chi connectivity index (χ1) is 15.5. The highest BCUT2D eigenvalue weighted by atomic mass is 32.1. The number of thiophene rings is 2. The average molecular weight is 471 g/mol. The van der Waals surface area contributed by atoms with Gasteiger partial charge in [-0.15, -0.1) is 22.7 Å². The minimum Gasteiger partial charge on any atom is -0.461 e. The van der Waals surface area contributed by atoms with Crippen LogP contribution in [0.25, 0.3) is 0 Å². The Kier molecular flexibility index (Phi) is 8.89. The monoisotopic (exact) mass is 470 g/mol. The van der Waals surface area contributed by atoms with Crippen molar-refractivity contribution < 1.29 is 28.7 Å². The number of Topliss-reactive ketones (excluding diaryl/α,β-unsaturated/α-hetero) is 2. The molecule has 0 amide bonds. The lowest BCUT2D eigenvalue weighted by Gasteiger charge is -2.07. The molecule has 0 spiro atoms. The van der Waals surface area contributed by atoms with Gasteiger partial charge in [-0.2, -0.15) is 0 Å². The van der Waals surface area contributed by atoms with Crippen LogP contribution in [-0.2, 0) is 32.3 Å². The molecule has 6 nitrogen and oxygen atoms in total. The molecule has 0 fully saturated rings. The van der Waals surface area contributed by atoms with Gasteiger partial charge < -0.3 is 9.47 Å². The number of benzene rings is 1. The molecular formula is C24H22O6S2. The summed E-state index contributed by atoms with van der Waals surface area (Å²) in [5, 5.41) is 3.65. The Balaban J connectivity index is 1.32. The van der Waals surface area contributed by atoms with Crippen LogP contribution in [-0.4, -0.2) is 23.5 Å². The van der Waals surface area contributed by atoms with Crippen molar-refractivity contribution in [2.45, 2.75) is 38.9 Å². The molecule has 166 valence electrons. The van der Waals surface area contributed by atoms with Crippen molar-refractivity contribution in [2.24, 2.45) is 0 Å². The first-order valence-corrected chi connectivity index (χ1v) is 11.8. The molecule has 0 aliphatic rings. The summed E-state index contributed by atoms with van der Waals surface area (Å²) in [6, 6.07) is 14.2. The Labute approximate surface area is 193 Å². The summed E-state index contributed by atoms with van der Waals surface area (Å²) in [5.41, 5.74) is 1.58. The minimum absolute atomic E-state index is 0.0414. The van der Waals surface area contributed by atoms with Crippen LogP contribution in [0.3, 0.4) is 0 Å². The summed E-state index contributed by atoms with van der Waals surface area (Å²) in [5.74, 6) is -0.978. The second kappa shape index (κ2) is 12.1. The van der Waals surface area contributed by atoms with Gasteiger partial charge in [-0.25, -0.2) is 0 Å². The fourth-order valence-corrected chi connectivity index (χ4v) is 4.14. The molecule has 0 aliphatic heterocycles. The standard InChI is InChI=1S/C24H22O6S2/c25-19(21-3-1-13-31-21)9-11-23(27)29-15-17-5-7-18(8-6-17)16-30-24(28)12-10-20(26)22-4-2-14-32-22/h1-8,13-14H,9-12,15-16H2. The molecule has 0 saturated carbocycles. The highest BCUT2D eigenvalue weighted by Gasteiger charge is 2.12. The largest absolute Gasteiger partial charge is 0.461 e. The van der Waals surface area contributed by atoms with Crippen LogP contribution in [0.2, 0.25) is 0 Å². The number of hydrogen-bond donors (Lipinski definition) is 0. The third-order valence-corrected chi connectivity index (χ3v) is 6.35. The van der Waals surface area contributed by atoms with E-state index in [1.54, 1.807) is 48.5 Å². The second-order valence-corrected chi connectivity index (χ2v) is 8.83. The Morgan fingerprint density at radius 1 is 0.594 bits per heavy atom. The molecule has 0 atom stereocenters. The molecule has 1 aromatic carbocycles. The average Bonchev–Trinajstić information content (AvgIpc) is 3.53. The maximum absolute atomic E-state index is 11.9. The fourth-order valence-electron chi connectivity index (χ4n) is 2.76. The summed E-state index contributed by atoms with van der Waals surface area (Å²) >= 11 is 2.71. The quantitative estimate of drug-likeness (QED) is 0.266. The van der Waals surface area contributed by atoms with Gasteiger partial charge in [0.05, 0.1) is 22.6 Å². The lowest BCUT2D eigenvalue weighted by Crippen LogP contribution is -2.08. The van der Waals surface area contributed by atoms with Crippen molar-refractivity contribution in [3.63, 3.8) is 0 Å². The highest BCUT2D eigenvalue weighted by Crippen LogP contribution is 2.14. The zero-order valence-electron chi connectivity index (χ0n) is 17.3. The molecule has 32 heavy (non-hydrogen) atoms. The van der Waals surface area contributed by atoms with Crippen LogP contribution in [0.4, 0.5) is 0 Å². The van der Waals surface area contributed by atoms with E-state index in [-0.39, 0.29) is 50.5 Å². The SMILES string of the molecule is O=C(CCC(=O)c1cccs1)OCc1ccc(COC(=O)CCC(=O)c2cccs2)cc1. The molecule has 0 unspecified atom stereocenters. The molecule has 3 rings (SSSR count). The fraction of sp³-hybridized carbons (Fsp3) is 0.250. The topological polar surface area (TPSA) is 86.7 Å². The lowest BCUT2D eigenvalue weighted by molar-refractivity contribution is -0.145. The Morgan fingerprint density at radius 2 is 1.00 bits per heavy atom. The molecule has 0 radical (unpaired) electrons. The summed E-state index contributed by atoms with van der Waals surface area (Å²) in [6.45, 7) is 0.216. The zero-order chi connectivity index (χ0) is 22.8. The maximum Gasteiger partial charge on any atom is 0.306 e. The van der Waals surface area contributed by atoms with Crippen LogP contribution in [0.1, 0.15) is 56.2 Å². The predicted molar refractivity (Wildman–Crippen MR) is 122 cm³/mol. The Hall–Kier alpha value is -3.10. The first-order valence-electron chi connectivity index (χ1n) is 10.0. The van der Waals surface area contributed by atoms with Gasteiger partial charge in [-0.05, 0) is 34.0 Å². The minimum atomic E-state index is -0.426. The van der Waals surface area contributed by atoms with Crippen molar-refractivity contribution in [3.8, 4) is 0 Å². The second-order valence-electron chi connectivity index (χ2n) is 6.94. The van der Waals surface area contributed by atoms with Gasteiger partial charge in [-0.1, -0.05) is 36.4 Å². The molecule has 2 aromatic heterocycles. The molecule has 8 heteroatoms. The third-order valence-electron chi connectivity index (χ3n) is 4.53. The molecule has 0 aliphatic carbocycles. The van der Waals surface area contributed by atoms with E-state index >= 15 is 0 Å². The molecule has 3 aromatic rings. The van der Waals surface area contributed by atoms with Gasteiger partial charge in [0.2, 0.25) is 0 Å². The van der Waals surface area contributed by atoms with Gasteiger partial charge in [0.25, 0.3) is 0 Å². The Morgan fingerprint density at radius 3 is 1.34 bits per heavy atom. The summed E-state index contributed by atoms with van der Waals surface area (Å²) in [4.78, 5) is 48.8. The van der Waals surface area contributed by atoms with E-state index < -0.39 is 11.9 Å². The van der Waals surface area contributed by atoms with E-state index in [1.165, 1.54) is 22.7 Å². The van der Waals surface area contributed by atoms with Gasteiger partial charge in [0, 0.05) is 12.8 Å². The predicted octanol–water partition coefficient (Wildman–Crippen LogP) is 5.22. The van der Waals surface area contributed by atoms with Crippen molar-refractivity contribution in [2.75, 3.05) is 0 Å². The summed E-state index contributed by atoms with van der Waals surface area (Å²) < 4.78 is 10.4. The molecule has 0 bridgehead atoms. The smallest absolute Gasteiger partial charge is 0.306 e. The normalized spacial score (nSPS) is 10.5. The Bertz CT molecular complexity index is 952. The third kappa shape index (κ3) is 7.55. The van der Waals surface area contributed by atoms with Crippen LogP contribution in [0.5, 0.6) is 0 Å². The van der Waals surface area contributed by atoms with Gasteiger partial charge in [0.1, 0.15) is 13.2 Å². The van der Waals surface area contributed by atoms with E-state index in [4.69, 9.17) is 9.47 Å². The van der Waals surface area contributed by atoms with E-state index in [0.29, 0.717) is 9.75 Å². The van der Waals surface area contributed by atoms with Crippen molar-refractivity contribution in [1.29, 1.82) is 0 Å². The summed E-state index contributed by atoms with van der Waals surface area (Å²) in [6.07, 6.45) is 0.338. The van der Waals surface area contributed by atoms with E-state index in [1.807, 2.05) is 10.8 Å². The van der Waals surface area contributed by atoms with Crippen LogP contribution >= 0.6 is 22.7 Å². The van der Waals surface area contributed by atoms with Gasteiger partial charge >= 0.3 is 11.9 Å². The van der Waals surface area contributed by atoms with Crippen molar-refractivity contribution in [1.82, 2.24) is 0 Å². The summed E-state index contributed by atoms with van der Waals surface area (Å²) in [7, 11) is 0. The maximum atomic E-state index is 11.9. The number of carbonyl (C=O) groups excluding carboxylic acids is 4. The van der Waals surface area contributed by atoms with Gasteiger partial charge in [-0.3, -0.25) is 19.2 Å². The van der Waals surface area contributed by atoms with Crippen molar-refractivity contribution in [3.05, 3.63) is 80.2 Å². The van der Waals surface area contributed by atoms with E-state index in [0.717, 1.165) is 11.1 Å². The number of rotatable bonds is 12. The van der Waals surface area contributed by atoms with E-state index in [9.17, 15) is 19.2 Å². The highest BCUT2D eigenvalue weighted by molar-refractivity contribution is 7.12. The first kappa shape index (κ1) is 23.6. The molecular weight excluding hydrogens is 448 g/mol. The number of esters is 2. The van der Waals surface area contributed by atoms with E-state index in [2.05, 4.69) is 0 Å². The van der Waals surface area contributed by atoms with Crippen LogP contribution in [0, 0.1) is 0 Å². The molecule has 2 heterocycles. The van der Waals surface area contributed by atoms with Crippen LogP contribution < -0.4 is 0 Å². The van der Waals surface area contributed by atoms with Crippen molar-refractivity contribution >= 4 is 46.2 Å². The number of hydrogen-bond acceptors (Lipinski definition) is 8. The molecule has 0 saturated heterocycles. The molecule has 0 N–H and O–H groups in total. The number of ether oxygens (including phenoxy) is 2. The number of carbonyl (C=O) groups is 4. The zero-order valence-corrected chi connectivity index (χ0v) is 18.9. The lowest BCUT2D eigenvalue weighted by atomic mass is 10.1. The number of ketones is 2. The van der Waals surface area contributed by atoms with Crippen LogP contribution in [0.15, 0.2) is 59.3 Å². The van der Waals surface area contributed by atoms with Gasteiger partial charge in [0.15, 0.2) is 11.6 Å².